The minimum absolute atomic E-state index is 0.0674. The first-order valence-electron chi connectivity index (χ1n) is 8.84. The van der Waals surface area contributed by atoms with Crippen LogP contribution in [0.15, 0.2) is 53.4 Å². The molecule has 1 aliphatic heterocycles. The smallest absolute Gasteiger partial charge is 0.247 e. The average Bonchev–Trinajstić information content (AvgIpc) is 2.98. The summed E-state index contributed by atoms with van der Waals surface area (Å²) in [5.74, 6) is -0.437. The van der Waals surface area contributed by atoms with Gasteiger partial charge in [-0.05, 0) is 17.7 Å². The number of nitrogens with zero attached hydrogens (tertiary/aromatic N) is 1. The van der Waals surface area contributed by atoms with Crippen LogP contribution in [0.2, 0.25) is 0 Å². The number of rotatable bonds is 7. The first-order valence-corrected chi connectivity index (χ1v) is 12.1. The summed E-state index contributed by atoms with van der Waals surface area (Å²) in [4.78, 5) is -0.131. The van der Waals surface area contributed by atoms with Gasteiger partial charge in [-0.3, -0.25) is 0 Å². The monoisotopic (exact) mass is 441 g/mol. The SMILES string of the molecule is COc1ccc(S(=O)(=O)N(Cc2ccccc2)[C@H]2CS(=O)(=O)C[C@@H]2O)c(OC)c1. The van der Waals surface area contributed by atoms with Crippen LogP contribution < -0.4 is 9.47 Å². The van der Waals surface area contributed by atoms with E-state index in [-0.39, 0.29) is 17.2 Å². The Morgan fingerprint density at radius 2 is 1.76 bits per heavy atom. The van der Waals surface area contributed by atoms with Gasteiger partial charge in [-0.1, -0.05) is 30.3 Å². The number of methoxy groups -OCH3 is 2. The van der Waals surface area contributed by atoms with Crippen LogP contribution in [0.4, 0.5) is 0 Å². The van der Waals surface area contributed by atoms with Crippen molar-refractivity contribution in [3.8, 4) is 11.5 Å². The van der Waals surface area contributed by atoms with Crippen molar-refractivity contribution in [2.24, 2.45) is 0 Å². The summed E-state index contributed by atoms with van der Waals surface area (Å²) in [7, 11) is -4.98. The fourth-order valence-electron chi connectivity index (χ4n) is 3.34. The summed E-state index contributed by atoms with van der Waals surface area (Å²) in [6.45, 7) is -0.0877. The van der Waals surface area contributed by atoms with E-state index in [1.54, 1.807) is 30.3 Å². The van der Waals surface area contributed by atoms with E-state index in [1.807, 2.05) is 0 Å². The zero-order chi connectivity index (χ0) is 21.2. The van der Waals surface area contributed by atoms with Crippen LogP contribution >= 0.6 is 0 Å². The lowest BCUT2D eigenvalue weighted by Gasteiger charge is -2.30. The Labute approximate surface area is 170 Å². The predicted octanol–water partition coefficient (Wildman–Crippen LogP) is 1.05. The van der Waals surface area contributed by atoms with Crippen LogP contribution in [-0.4, -0.2) is 64.1 Å². The molecule has 3 rings (SSSR count). The van der Waals surface area contributed by atoms with Gasteiger partial charge in [-0.2, -0.15) is 4.31 Å². The molecule has 2 aromatic carbocycles. The Morgan fingerprint density at radius 1 is 1.07 bits per heavy atom. The molecule has 0 radical (unpaired) electrons. The van der Waals surface area contributed by atoms with Gasteiger partial charge in [0.05, 0.1) is 37.9 Å². The van der Waals surface area contributed by atoms with Crippen LogP contribution in [0.25, 0.3) is 0 Å². The summed E-state index contributed by atoms with van der Waals surface area (Å²) in [5, 5.41) is 10.4. The Morgan fingerprint density at radius 3 is 2.31 bits per heavy atom. The standard InChI is InChI=1S/C19H23NO7S2/c1-26-15-8-9-19(18(10-15)27-2)29(24,25)20(11-14-6-4-3-5-7-14)16-12-28(22,23)13-17(16)21/h3-10,16-17,21H,11-13H2,1-2H3/t16-,17-/m0/s1. The van der Waals surface area contributed by atoms with E-state index in [1.165, 1.54) is 32.4 Å². The van der Waals surface area contributed by atoms with Crippen molar-refractivity contribution >= 4 is 19.9 Å². The van der Waals surface area contributed by atoms with Gasteiger partial charge in [-0.25, -0.2) is 16.8 Å². The second-order valence-electron chi connectivity index (χ2n) is 6.76. The highest BCUT2D eigenvalue weighted by atomic mass is 32.2. The molecule has 0 aromatic heterocycles. The zero-order valence-corrected chi connectivity index (χ0v) is 17.7. The highest BCUT2D eigenvalue weighted by Gasteiger charge is 2.45. The van der Waals surface area contributed by atoms with Gasteiger partial charge in [0.25, 0.3) is 0 Å². The fraction of sp³-hybridized carbons (Fsp3) is 0.368. The van der Waals surface area contributed by atoms with E-state index in [0.29, 0.717) is 11.3 Å². The minimum Gasteiger partial charge on any atom is -0.497 e. The van der Waals surface area contributed by atoms with Gasteiger partial charge < -0.3 is 14.6 Å². The number of benzene rings is 2. The van der Waals surface area contributed by atoms with E-state index >= 15 is 0 Å². The first-order chi connectivity index (χ1) is 13.7. The molecule has 1 fully saturated rings. The van der Waals surface area contributed by atoms with Crippen molar-refractivity contribution < 1.29 is 31.4 Å². The molecular weight excluding hydrogens is 418 g/mol. The third-order valence-electron chi connectivity index (χ3n) is 4.80. The van der Waals surface area contributed by atoms with Gasteiger partial charge >= 0.3 is 0 Å². The molecule has 29 heavy (non-hydrogen) atoms. The van der Waals surface area contributed by atoms with Crippen LogP contribution in [0.3, 0.4) is 0 Å². The molecule has 1 aliphatic rings. The molecule has 0 amide bonds. The molecule has 10 heteroatoms. The Balaban J connectivity index is 2.10. The number of hydrogen-bond acceptors (Lipinski definition) is 7. The van der Waals surface area contributed by atoms with Crippen molar-refractivity contribution in [1.29, 1.82) is 0 Å². The fourth-order valence-corrected chi connectivity index (χ4v) is 7.02. The van der Waals surface area contributed by atoms with E-state index in [4.69, 9.17) is 9.47 Å². The lowest BCUT2D eigenvalue weighted by Crippen LogP contribution is -2.46. The molecule has 0 unspecified atom stereocenters. The van der Waals surface area contributed by atoms with Crippen LogP contribution in [-0.2, 0) is 26.4 Å². The zero-order valence-electron chi connectivity index (χ0n) is 16.1. The molecule has 2 aromatic rings. The molecule has 158 valence electrons. The topological polar surface area (TPSA) is 110 Å². The predicted molar refractivity (Wildman–Crippen MR) is 107 cm³/mol. The molecule has 0 saturated carbocycles. The molecule has 1 saturated heterocycles. The van der Waals surface area contributed by atoms with Crippen molar-refractivity contribution in [1.82, 2.24) is 4.31 Å². The summed E-state index contributed by atoms with van der Waals surface area (Å²) >= 11 is 0. The highest BCUT2D eigenvalue weighted by Crippen LogP contribution is 2.34. The first kappa shape index (κ1) is 21.6. The van der Waals surface area contributed by atoms with Crippen LogP contribution in [0.1, 0.15) is 5.56 Å². The molecule has 0 bridgehead atoms. The maximum absolute atomic E-state index is 13.6. The lowest BCUT2D eigenvalue weighted by atomic mass is 10.2. The lowest BCUT2D eigenvalue weighted by molar-refractivity contribution is 0.125. The second kappa shape index (κ2) is 8.31. The number of sulfonamides is 1. The van der Waals surface area contributed by atoms with E-state index in [2.05, 4.69) is 0 Å². The van der Waals surface area contributed by atoms with Gasteiger partial charge in [0.2, 0.25) is 10.0 Å². The molecule has 0 spiro atoms. The third-order valence-corrected chi connectivity index (χ3v) is 8.41. The molecular formula is C19H23NO7S2. The highest BCUT2D eigenvalue weighted by molar-refractivity contribution is 7.92. The van der Waals surface area contributed by atoms with Gasteiger partial charge in [0.1, 0.15) is 16.4 Å². The molecule has 2 atom stereocenters. The van der Waals surface area contributed by atoms with Crippen molar-refractivity contribution in [3.05, 3.63) is 54.1 Å². The number of hydrogen-bond donors (Lipinski definition) is 1. The maximum atomic E-state index is 13.6. The summed E-state index contributed by atoms with van der Waals surface area (Å²) in [6.07, 6.45) is -1.32. The van der Waals surface area contributed by atoms with E-state index in [0.717, 1.165) is 4.31 Å². The number of aliphatic hydroxyl groups excluding tert-OH is 1. The Hall–Kier alpha value is -2.14. The van der Waals surface area contributed by atoms with Crippen LogP contribution in [0.5, 0.6) is 11.5 Å². The number of aliphatic hydroxyl groups is 1. The quantitative estimate of drug-likeness (QED) is 0.684. The summed E-state index contributed by atoms with van der Waals surface area (Å²) in [6, 6.07) is 12.0. The normalized spacial score (nSPS) is 21.2. The molecule has 1 heterocycles. The second-order valence-corrected chi connectivity index (χ2v) is 10.8. The van der Waals surface area contributed by atoms with Crippen molar-refractivity contribution in [3.63, 3.8) is 0 Å². The van der Waals surface area contributed by atoms with E-state index in [9.17, 15) is 21.9 Å². The summed E-state index contributed by atoms with van der Waals surface area (Å²) in [5.41, 5.74) is 0.667. The van der Waals surface area contributed by atoms with Gasteiger partial charge in [0, 0.05) is 12.6 Å². The number of ether oxygens (including phenoxy) is 2. The van der Waals surface area contributed by atoms with E-state index < -0.39 is 43.5 Å². The van der Waals surface area contributed by atoms with Crippen LogP contribution in [0, 0.1) is 0 Å². The molecule has 1 N–H and O–H groups in total. The Kier molecular flexibility index (Phi) is 6.18. The maximum Gasteiger partial charge on any atom is 0.247 e. The largest absolute Gasteiger partial charge is 0.497 e. The summed E-state index contributed by atoms with van der Waals surface area (Å²) < 4.78 is 62.6. The van der Waals surface area contributed by atoms with Crippen molar-refractivity contribution in [2.45, 2.75) is 23.6 Å². The third kappa shape index (κ3) is 4.55. The minimum atomic E-state index is -4.21. The van der Waals surface area contributed by atoms with Gasteiger partial charge in [0.15, 0.2) is 9.84 Å². The molecule has 8 nitrogen and oxygen atoms in total. The Bertz CT molecular complexity index is 1070. The van der Waals surface area contributed by atoms with Gasteiger partial charge in [-0.15, -0.1) is 0 Å². The van der Waals surface area contributed by atoms with Crippen molar-refractivity contribution in [2.75, 3.05) is 25.7 Å². The average molecular weight is 442 g/mol. The molecule has 0 aliphatic carbocycles. The number of sulfone groups is 1.